The van der Waals surface area contributed by atoms with Crippen molar-refractivity contribution in [3.8, 4) is 0 Å². The molecule has 1 aliphatic rings. The highest BCUT2D eigenvalue weighted by Gasteiger charge is 2.26. The van der Waals surface area contributed by atoms with Gasteiger partial charge in [-0.05, 0) is 43.4 Å². The van der Waals surface area contributed by atoms with Crippen LogP contribution in [0.2, 0.25) is 0 Å². The number of furan rings is 1. The first kappa shape index (κ1) is 17.6. The molecule has 0 N–H and O–H groups in total. The lowest BCUT2D eigenvalue weighted by Gasteiger charge is -2.31. The van der Waals surface area contributed by atoms with Crippen molar-refractivity contribution in [2.75, 3.05) is 13.1 Å². The Labute approximate surface area is 159 Å². The number of hydrogen-bond acceptors (Lipinski definition) is 3. The molecular formula is C22H25N3O2. The Morgan fingerprint density at radius 3 is 2.63 bits per heavy atom. The first-order valence-electron chi connectivity index (χ1n) is 9.58. The third-order valence-corrected chi connectivity index (χ3v) is 5.43. The molecule has 0 radical (unpaired) electrons. The summed E-state index contributed by atoms with van der Waals surface area (Å²) < 4.78 is 7.56. The van der Waals surface area contributed by atoms with Crippen LogP contribution in [0.25, 0.3) is 0 Å². The van der Waals surface area contributed by atoms with E-state index in [0.717, 1.165) is 44.7 Å². The number of aromatic nitrogens is 2. The van der Waals surface area contributed by atoms with Gasteiger partial charge in [-0.15, -0.1) is 0 Å². The molecule has 140 valence electrons. The van der Waals surface area contributed by atoms with Crippen molar-refractivity contribution < 1.29 is 9.21 Å². The molecule has 1 aromatic carbocycles. The number of rotatable bonds is 5. The van der Waals surface area contributed by atoms with Crippen LogP contribution in [0.5, 0.6) is 0 Å². The number of hydrogen-bond donors (Lipinski definition) is 0. The van der Waals surface area contributed by atoms with Gasteiger partial charge in [0.05, 0.1) is 6.26 Å². The van der Waals surface area contributed by atoms with E-state index in [1.165, 1.54) is 11.3 Å². The molecule has 0 saturated carbocycles. The van der Waals surface area contributed by atoms with Gasteiger partial charge < -0.3 is 13.9 Å². The highest BCUT2D eigenvalue weighted by molar-refractivity contribution is 5.91. The summed E-state index contributed by atoms with van der Waals surface area (Å²) in [5.41, 5.74) is 2.48. The molecule has 0 spiro atoms. The number of nitrogens with zero attached hydrogens (tertiary/aromatic N) is 3. The molecule has 1 aliphatic heterocycles. The van der Waals surface area contributed by atoms with E-state index in [-0.39, 0.29) is 5.91 Å². The van der Waals surface area contributed by atoms with E-state index < -0.39 is 0 Å². The maximum Gasteiger partial charge on any atom is 0.289 e. The predicted octanol–water partition coefficient (Wildman–Crippen LogP) is 3.93. The summed E-state index contributed by atoms with van der Waals surface area (Å²) in [4.78, 5) is 19.0. The van der Waals surface area contributed by atoms with Crippen LogP contribution in [-0.4, -0.2) is 33.4 Å². The second-order valence-corrected chi connectivity index (χ2v) is 7.30. The molecule has 4 rings (SSSR count). The minimum atomic E-state index is -0.000118. The van der Waals surface area contributed by atoms with Crippen LogP contribution >= 0.6 is 0 Å². The van der Waals surface area contributed by atoms with E-state index in [1.807, 2.05) is 17.2 Å². The molecule has 3 aromatic rings. The van der Waals surface area contributed by atoms with Gasteiger partial charge in [0.2, 0.25) is 0 Å². The molecule has 0 aliphatic carbocycles. The first-order valence-corrected chi connectivity index (χ1v) is 9.58. The topological polar surface area (TPSA) is 51.3 Å². The number of likely N-dealkylation sites (tertiary alicyclic amines) is 1. The van der Waals surface area contributed by atoms with Gasteiger partial charge in [0, 0.05) is 37.9 Å². The monoisotopic (exact) mass is 363 g/mol. The Bertz CT molecular complexity index is 876. The number of imidazole rings is 1. The Kier molecular flexibility index (Phi) is 5.10. The average Bonchev–Trinajstić information content (AvgIpc) is 3.35. The fourth-order valence-electron chi connectivity index (χ4n) is 3.81. The van der Waals surface area contributed by atoms with Crippen LogP contribution in [0.15, 0.2) is 59.3 Å². The maximum atomic E-state index is 12.4. The van der Waals surface area contributed by atoms with E-state index in [4.69, 9.17) is 4.42 Å². The number of amides is 1. The van der Waals surface area contributed by atoms with Gasteiger partial charge in [-0.3, -0.25) is 4.79 Å². The van der Waals surface area contributed by atoms with Crippen molar-refractivity contribution in [1.82, 2.24) is 14.5 Å². The van der Waals surface area contributed by atoms with Gasteiger partial charge in [-0.2, -0.15) is 0 Å². The second-order valence-electron chi connectivity index (χ2n) is 7.30. The van der Waals surface area contributed by atoms with Crippen LogP contribution < -0.4 is 0 Å². The Morgan fingerprint density at radius 2 is 1.93 bits per heavy atom. The van der Waals surface area contributed by atoms with Gasteiger partial charge in [-0.1, -0.05) is 30.3 Å². The standard InChI is InChI=1S/C22H25N3O2/c1-17-15-23-21(25(17)16-19-6-3-2-4-7-19)14-18-9-11-24(12-10-18)22(26)20-8-5-13-27-20/h2-8,13,15,18H,9-12,14,16H2,1H3. The van der Waals surface area contributed by atoms with Gasteiger partial charge in [0.25, 0.3) is 5.91 Å². The molecule has 3 heterocycles. The number of carbonyl (C=O) groups excluding carboxylic acids is 1. The van der Waals surface area contributed by atoms with Crippen LogP contribution in [0, 0.1) is 12.8 Å². The number of aryl methyl sites for hydroxylation is 1. The van der Waals surface area contributed by atoms with Gasteiger partial charge in [-0.25, -0.2) is 4.98 Å². The van der Waals surface area contributed by atoms with Crippen LogP contribution in [0.4, 0.5) is 0 Å². The largest absolute Gasteiger partial charge is 0.459 e. The lowest BCUT2D eigenvalue weighted by Crippen LogP contribution is -2.39. The first-order chi connectivity index (χ1) is 13.2. The van der Waals surface area contributed by atoms with E-state index >= 15 is 0 Å². The van der Waals surface area contributed by atoms with Crippen molar-refractivity contribution in [2.24, 2.45) is 5.92 Å². The number of benzene rings is 1. The zero-order valence-corrected chi connectivity index (χ0v) is 15.7. The summed E-state index contributed by atoms with van der Waals surface area (Å²) in [6, 6.07) is 14.0. The highest BCUT2D eigenvalue weighted by Crippen LogP contribution is 2.23. The highest BCUT2D eigenvalue weighted by atomic mass is 16.3. The maximum absolute atomic E-state index is 12.4. The van der Waals surface area contributed by atoms with Crippen LogP contribution in [-0.2, 0) is 13.0 Å². The van der Waals surface area contributed by atoms with Gasteiger partial charge >= 0.3 is 0 Å². The SMILES string of the molecule is Cc1cnc(CC2CCN(C(=O)c3ccco3)CC2)n1Cc1ccccc1. The second kappa shape index (κ2) is 7.82. The molecule has 2 aromatic heterocycles. The lowest BCUT2D eigenvalue weighted by atomic mass is 9.93. The van der Waals surface area contributed by atoms with Crippen LogP contribution in [0.1, 0.15) is 40.5 Å². The molecule has 5 nitrogen and oxygen atoms in total. The van der Waals surface area contributed by atoms with Crippen molar-refractivity contribution in [3.63, 3.8) is 0 Å². The number of carbonyl (C=O) groups is 1. The molecule has 1 amide bonds. The quantitative estimate of drug-likeness (QED) is 0.690. The van der Waals surface area contributed by atoms with Crippen molar-refractivity contribution in [3.05, 3.63) is 77.8 Å². The predicted molar refractivity (Wildman–Crippen MR) is 104 cm³/mol. The lowest BCUT2D eigenvalue weighted by molar-refractivity contribution is 0.0657. The van der Waals surface area contributed by atoms with Gasteiger partial charge in [0.15, 0.2) is 5.76 Å². The van der Waals surface area contributed by atoms with Crippen molar-refractivity contribution >= 4 is 5.91 Å². The molecule has 0 unspecified atom stereocenters. The average molecular weight is 363 g/mol. The summed E-state index contributed by atoms with van der Waals surface area (Å²) in [6.07, 6.45) is 6.49. The molecule has 1 fully saturated rings. The van der Waals surface area contributed by atoms with Crippen LogP contribution in [0.3, 0.4) is 0 Å². The van der Waals surface area contributed by atoms with E-state index in [1.54, 1.807) is 18.4 Å². The summed E-state index contributed by atoms with van der Waals surface area (Å²) in [7, 11) is 0. The summed E-state index contributed by atoms with van der Waals surface area (Å²) >= 11 is 0. The minimum Gasteiger partial charge on any atom is -0.459 e. The Balaban J connectivity index is 1.38. The molecule has 5 heteroatoms. The zero-order valence-electron chi connectivity index (χ0n) is 15.7. The minimum absolute atomic E-state index is 0.000118. The third kappa shape index (κ3) is 3.97. The normalized spacial score (nSPS) is 15.2. The summed E-state index contributed by atoms with van der Waals surface area (Å²) in [6.45, 7) is 4.53. The smallest absolute Gasteiger partial charge is 0.289 e. The van der Waals surface area contributed by atoms with E-state index in [2.05, 4.69) is 40.7 Å². The van der Waals surface area contributed by atoms with Gasteiger partial charge in [0.1, 0.15) is 5.82 Å². The van der Waals surface area contributed by atoms with E-state index in [9.17, 15) is 4.79 Å². The number of piperidine rings is 1. The summed E-state index contributed by atoms with van der Waals surface area (Å²) in [5, 5.41) is 0. The molecular weight excluding hydrogens is 338 g/mol. The Morgan fingerprint density at radius 1 is 1.15 bits per heavy atom. The third-order valence-electron chi connectivity index (χ3n) is 5.43. The Hall–Kier alpha value is -2.82. The molecule has 0 bridgehead atoms. The van der Waals surface area contributed by atoms with E-state index in [0.29, 0.717) is 11.7 Å². The molecule has 1 saturated heterocycles. The molecule has 27 heavy (non-hydrogen) atoms. The fourth-order valence-corrected chi connectivity index (χ4v) is 3.81. The van der Waals surface area contributed by atoms with Crippen molar-refractivity contribution in [2.45, 2.75) is 32.7 Å². The fraction of sp³-hybridized carbons (Fsp3) is 0.364. The van der Waals surface area contributed by atoms with Crippen molar-refractivity contribution in [1.29, 1.82) is 0 Å². The zero-order chi connectivity index (χ0) is 18.6. The molecule has 0 atom stereocenters. The summed E-state index contributed by atoms with van der Waals surface area (Å²) in [5.74, 6) is 2.14.